The molecule has 7 nitrogen and oxygen atoms in total. The highest BCUT2D eigenvalue weighted by molar-refractivity contribution is 7.51. The first-order chi connectivity index (χ1) is 12.3. The molecule has 0 spiro atoms. The molecule has 0 aliphatic heterocycles. The fourth-order valence-corrected chi connectivity index (χ4v) is 2.73. The molecule has 0 fully saturated rings. The predicted octanol–water partition coefficient (Wildman–Crippen LogP) is 2.64. The molecule has 0 saturated heterocycles. The van der Waals surface area contributed by atoms with Crippen molar-refractivity contribution in [3.05, 3.63) is 71.8 Å². The van der Waals surface area contributed by atoms with Gasteiger partial charge in [-0.05, 0) is 30.7 Å². The molecule has 0 bridgehead atoms. The van der Waals surface area contributed by atoms with Crippen molar-refractivity contribution in [1.82, 2.24) is 0 Å². The predicted molar refractivity (Wildman–Crippen MR) is 93.9 cm³/mol. The second-order valence-corrected chi connectivity index (χ2v) is 7.31. The quantitative estimate of drug-likeness (QED) is 0.537. The van der Waals surface area contributed by atoms with Crippen LogP contribution >= 0.6 is 7.60 Å². The highest BCUT2D eigenvalue weighted by Crippen LogP contribution is 2.35. The molecule has 0 aromatic heterocycles. The Hall–Kier alpha value is -2.47. The van der Waals surface area contributed by atoms with E-state index in [4.69, 9.17) is 19.3 Å². The summed E-state index contributed by atoms with van der Waals surface area (Å²) in [7, 11) is -4.27. The van der Waals surface area contributed by atoms with Crippen LogP contribution in [0, 0.1) is 0 Å². The Morgan fingerprint density at radius 3 is 1.88 bits per heavy atom. The van der Waals surface area contributed by atoms with E-state index in [9.17, 15) is 14.2 Å². The van der Waals surface area contributed by atoms with E-state index in [1.807, 2.05) is 0 Å². The van der Waals surface area contributed by atoms with Gasteiger partial charge in [-0.15, -0.1) is 0 Å². The van der Waals surface area contributed by atoms with Crippen LogP contribution in [0.15, 0.2) is 60.7 Å². The summed E-state index contributed by atoms with van der Waals surface area (Å²) in [5, 5.41) is 0. The van der Waals surface area contributed by atoms with Crippen molar-refractivity contribution >= 4 is 19.5 Å². The maximum Gasteiger partial charge on any atom is 0.338 e. The summed E-state index contributed by atoms with van der Waals surface area (Å²) >= 11 is 0. The number of rotatable bonds is 8. The van der Waals surface area contributed by atoms with Crippen LogP contribution in [0.1, 0.15) is 27.1 Å². The zero-order valence-electron chi connectivity index (χ0n) is 13.9. The van der Waals surface area contributed by atoms with Gasteiger partial charge in [-0.25, -0.2) is 9.59 Å². The van der Waals surface area contributed by atoms with Crippen LogP contribution < -0.4 is 0 Å². The molecule has 0 radical (unpaired) electrons. The molecular formula is C18H19O7P. The van der Waals surface area contributed by atoms with Gasteiger partial charge in [0.1, 0.15) is 12.7 Å². The van der Waals surface area contributed by atoms with E-state index in [1.54, 1.807) is 60.7 Å². The minimum absolute atomic E-state index is 0.134. The molecule has 0 heterocycles. The van der Waals surface area contributed by atoms with Gasteiger partial charge in [-0.3, -0.25) is 4.57 Å². The monoisotopic (exact) mass is 378 g/mol. The third-order valence-corrected chi connectivity index (χ3v) is 4.28. The van der Waals surface area contributed by atoms with E-state index in [0.29, 0.717) is 11.1 Å². The molecule has 1 atom stereocenters. The zero-order chi connectivity index (χ0) is 19.0. The summed E-state index contributed by atoms with van der Waals surface area (Å²) in [6.45, 7) is -0.299. The van der Waals surface area contributed by atoms with Crippen molar-refractivity contribution in [2.24, 2.45) is 0 Å². The van der Waals surface area contributed by atoms with Crippen LogP contribution in [0.5, 0.6) is 0 Å². The highest BCUT2D eigenvalue weighted by Gasteiger charge is 2.23. The second-order valence-electron chi connectivity index (χ2n) is 5.53. The number of carbonyl (C=O) groups is 2. The first kappa shape index (κ1) is 19.8. The number of hydrogen-bond donors (Lipinski definition) is 2. The van der Waals surface area contributed by atoms with Crippen molar-refractivity contribution in [2.75, 3.05) is 12.8 Å². The van der Waals surface area contributed by atoms with Gasteiger partial charge >= 0.3 is 19.5 Å². The topological polar surface area (TPSA) is 110 Å². The Morgan fingerprint density at radius 2 is 1.38 bits per heavy atom. The van der Waals surface area contributed by atoms with E-state index in [0.717, 1.165) is 0 Å². The Bertz CT molecular complexity index is 771. The molecule has 0 saturated carbocycles. The van der Waals surface area contributed by atoms with Crippen LogP contribution in [-0.4, -0.2) is 40.6 Å². The Kier molecular flexibility index (Phi) is 7.09. The highest BCUT2D eigenvalue weighted by atomic mass is 31.2. The lowest BCUT2D eigenvalue weighted by molar-refractivity contribution is -0.00151. The van der Waals surface area contributed by atoms with Gasteiger partial charge in [0.05, 0.1) is 17.3 Å². The average molecular weight is 378 g/mol. The van der Waals surface area contributed by atoms with Crippen molar-refractivity contribution in [3.63, 3.8) is 0 Å². The largest absolute Gasteiger partial charge is 0.458 e. The van der Waals surface area contributed by atoms with Gasteiger partial charge in [0, 0.05) is 0 Å². The summed E-state index contributed by atoms with van der Waals surface area (Å²) in [5.41, 5.74) is 0.624. The van der Waals surface area contributed by atoms with Crippen LogP contribution in [0.4, 0.5) is 0 Å². The van der Waals surface area contributed by atoms with Crippen molar-refractivity contribution < 1.29 is 33.4 Å². The Labute approximate surface area is 150 Å². The molecule has 1 unspecified atom stereocenters. The maximum absolute atomic E-state index is 12.1. The number of esters is 2. The molecule has 2 aromatic rings. The Morgan fingerprint density at radius 1 is 0.885 bits per heavy atom. The van der Waals surface area contributed by atoms with Crippen LogP contribution in [0.2, 0.25) is 0 Å². The van der Waals surface area contributed by atoms with Gasteiger partial charge < -0.3 is 19.3 Å². The van der Waals surface area contributed by atoms with E-state index in [1.165, 1.54) is 0 Å². The van der Waals surface area contributed by atoms with Gasteiger partial charge in [-0.2, -0.15) is 0 Å². The third-order valence-electron chi connectivity index (χ3n) is 3.44. The fourth-order valence-electron chi connectivity index (χ4n) is 2.11. The van der Waals surface area contributed by atoms with Crippen LogP contribution in [0.3, 0.4) is 0 Å². The first-order valence-electron chi connectivity index (χ1n) is 7.88. The summed E-state index contributed by atoms with van der Waals surface area (Å²) in [6, 6.07) is 16.4. The minimum Gasteiger partial charge on any atom is -0.458 e. The number of ether oxygens (including phenoxy) is 2. The normalized spacial score (nSPS) is 12.2. The summed E-state index contributed by atoms with van der Waals surface area (Å²) in [5.74, 6) is -1.26. The first-order valence-corrected chi connectivity index (χ1v) is 9.68. The second kappa shape index (κ2) is 9.29. The molecule has 0 aliphatic rings. The van der Waals surface area contributed by atoms with Gasteiger partial charge in [0.25, 0.3) is 0 Å². The molecule has 0 amide bonds. The van der Waals surface area contributed by atoms with Crippen molar-refractivity contribution in [2.45, 2.75) is 12.5 Å². The van der Waals surface area contributed by atoms with E-state index in [-0.39, 0.29) is 13.0 Å². The van der Waals surface area contributed by atoms with Crippen LogP contribution in [0.25, 0.3) is 0 Å². The molecule has 2 aromatic carbocycles. The van der Waals surface area contributed by atoms with Crippen molar-refractivity contribution in [1.29, 1.82) is 0 Å². The molecular weight excluding hydrogens is 359 g/mol. The summed E-state index contributed by atoms with van der Waals surface area (Å²) in [6.07, 6.45) is -1.59. The third kappa shape index (κ3) is 6.80. The molecule has 8 heteroatoms. The summed E-state index contributed by atoms with van der Waals surface area (Å²) < 4.78 is 21.5. The van der Waals surface area contributed by atoms with E-state index in [2.05, 4.69) is 0 Å². The minimum atomic E-state index is -4.27. The lowest BCUT2D eigenvalue weighted by Crippen LogP contribution is -2.26. The van der Waals surface area contributed by atoms with E-state index >= 15 is 0 Å². The number of benzene rings is 2. The van der Waals surface area contributed by atoms with Gasteiger partial charge in [-0.1, -0.05) is 36.4 Å². The smallest absolute Gasteiger partial charge is 0.338 e. The number of carbonyl (C=O) groups excluding carboxylic acids is 2. The zero-order valence-corrected chi connectivity index (χ0v) is 14.7. The SMILES string of the molecule is O=C(OCC(CCP(=O)(O)O)OC(=O)c1ccccc1)c1ccccc1. The number of hydrogen-bond acceptors (Lipinski definition) is 5. The standard InChI is InChI=1S/C18H19O7P/c19-17(14-7-3-1-4-8-14)24-13-16(11-12-26(21,22)23)25-18(20)15-9-5-2-6-10-15/h1-10,16H,11-13H2,(H2,21,22,23). The van der Waals surface area contributed by atoms with E-state index < -0.39 is 31.8 Å². The molecule has 138 valence electrons. The van der Waals surface area contributed by atoms with Crippen molar-refractivity contribution in [3.8, 4) is 0 Å². The maximum atomic E-state index is 12.1. The average Bonchev–Trinajstić information content (AvgIpc) is 2.64. The van der Waals surface area contributed by atoms with Gasteiger partial charge in [0.2, 0.25) is 0 Å². The molecule has 2 rings (SSSR count). The lowest BCUT2D eigenvalue weighted by atomic mass is 10.2. The summed E-state index contributed by atoms with van der Waals surface area (Å²) in [4.78, 5) is 42.2. The van der Waals surface area contributed by atoms with Crippen LogP contribution in [-0.2, 0) is 14.0 Å². The van der Waals surface area contributed by atoms with Gasteiger partial charge in [0.15, 0.2) is 0 Å². The molecule has 26 heavy (non-hydrogen) atoms. The Balaban J connectivity index is 1.99. The molecule has 0 aliphatic carbocycles. The molecule has 2 N–H and O–H groups in total. The fraction of sp³-hybridized carbons (Fsp3) is 0.222. The lowest BCUT2D eigenvalue weighted by Gasteiger charge is -2.18.